The maximum Gasteiger partial charge on any atom is 0.127 e. The second-order valence-electron chi connectivity index (χ2n) is 6.08. The van der Waals surface area contributed by atoms with Crippen LogP contribution in [0.1, 0.15) is 71.9 Å². The van der Waals surface area contributed by atoms with Crippen molar-refractivity contribution in [2.45, 2.75) is 72.3 Å². The van der Waals surface area contributed by atoms with Crippen molar-refractivity contribution < 1.29 is 0 Å². The minimum Gasteiger partial charge on any atom is -0.384 e. The predicted molar refractivity (Wildman–Crippen MR) is 74.3 cm³/mol. The van der Waals surface area contributed by atoms with Gasteiger partial charge in [-0.1, -0.05) is 34.1 Å². The average Bonchev–Trinajstić information content (AvgIpc) is 2.52. The van der Waals surface area contributed by atoms with E-state index in [4.69, 9.17) is 10.7 Å². The Balaban J connectivity index is 3.20. The van der Waals surface area contributed by atoms with Gasteiger partial charge in [0.1, 0.15) is 11.6 Å². The fraction of sp³-hybridized carbons (Fsp3) is 0.786. The number of hydrogen-bond donors (Lipinski definition) is 1. The van der Waals surface area contributed by atoms with Crippen LogP contribution in [-0.4, -0.2) is 9.55 Å². The van der Waals surface area contributed by atoms with Crippen LogP contribution in [0.15, 0.2) is 0 Å². The van der Waals surface area contributed by atoms with Gasteiger partial charge in [-0.2, -0.15) is 0 Å². The van der Waals surface area contributed by atoms with Crippen LogP contribution in [0.2, 0.25) is 0 Å². The van der Waals surface area contributed by atoms with Crippen molar-refractivity contribution in [2.75, 3.05) is 5.73 Å². The van der Waals surface area contributed by atoms with E-state index in [1.807, 2.05) is 0 Å². The normalized spacial score (nSPS) is 12.4. The zero-order valence-corrected chi connectivity index (χ0v) is 12.2. The first-order chi connectivity index (χ1) is 7.79. The van der Waals surface area contributed by atoms with Gasteiger partial charge >= 0.3 is 0 Å². The molecule has 17 heavy (non-hydrogen) atoms. The smallest absolute Gasteiger partial charge is 0.127 e. The van der Waals surface area contributed by atoms with E-state index in [0.717, 1.165) is 30.2 Å². The van der Waals surface area contributed by atoms with E-state index in [9.17, 15) is 0 Å². The lowest BCUT2D eigenvalue weighted by Gasteiger charge is -2.22. The number of nitrogens with zero attached hydrogens (tertiary/aromatic N) is 2. The molecule has 0 bridgehead atoms. The van der Waals surface area contributed by atoms with Crippen LogP contribution in [0.3, 0.4) is 0 Å². The van der Waals surface area contributed by atoms with Crippen molar-refractivity contribution >= 4 is 5.82 Å². The highest BCUT2D eigenvalue weighted by molar-refractivity contribution is 5.40. The standard InChI is InChI=1S/C14H27N3/c1-7-8-9-11-12(15)17(10(2)3)13(16-11)14(4,5)6/h10H,7-9,15H2,1-6H3. The lowest BCUT2D eigenvalue weighted by Crippen LogP contribution is -2.21. The number of aromatic nitrogens is 2. The van der Waals surface area contributed by atoms with E-state index < -0.39 is 0 Å². The fourth-order valence-electron chi connectivity index (χ4n) is 2.07. The van der Waals surface area contributed by atoms with E-state index in [0.29, 0.717) is 6.04 Å². The molecule has 98 valence electrons. The maximum atomic E-state index is 6.24. The van der Waals surface area contributed by atoms with Crippen molar-refractivity contribution in [3.8, 4) is 0 Å². The summed E-state index contributed by atoms with van der Waals surface area (Å²) >= 11 is 0. The molecule has 0 aliphatic carbocycles. The van der Waals surface area contributed by atoms with Gasteiger partial charge in [-0.15, -0.1) is 0 Å². The summed E-state index contributed by atoms with van der Waals surface area (Å²) in [6, 6.07) is 0.368. The molecule has 2 N–H and O–H groups in total. The molecule has 0 aliphatic rings. The van der Waals surface area contributed by atoms with Gasteiger partial charge in [0.15, 0.2) is 0 Å². The van der Waals surface area contributed by atoms with E-state index in [-0.39, 0.29) is 5.41 Å². The predicted octanol–water partition coefficient (Wildman–Crippen LogP) is 3.69. The summed E-state index contributed by atoms with van der Waals surface area (Å²) in [6.45, 7) is 13.1. The topological polar surface area (TPSA) is 43.8 Å². The quantitative estimate of drug-likeness (QED) is 0.868. The Morgan fingerprint density at radius 1 is 1.29 bits per heavy atom. The summed E-state index contributed by atoms with van der Waals surface area (Å²) in [5.74, 6) is 1.97. The van der Waals surface area contributed by atoms with Crippen molar-refractivity contribution in [1.82, 2.24) is 9.55 Å². The molecule has 0 unspecified atom stereocenters. The third kappa shape index (κ3) is 3.02. The molecule has 0 spiro atoms. The lowest BCUT2D eigenvalue weighted by molar-refractivity contribution is 0.472. The molecule has 3 heteroatoms. The number of hydrogen-bond acceptors (Lipinski definition) is 2. The van der Waals surface area contributed by atoms with Gasteiger partial charge in [0.25, 0.3) is 0 Å². The highest BCUT2D eigenvalue weighted by Crippen LogP contribution is 2.29. The Hall–Kier alpha value is -0.990. The van der Waals surface area contributed by atoms with Crippen LogP contribution in [0.25, 0.3) is 0 Å². The second-order valence-corrected chi connectivity index (χ2v) is 6.08. The van der Waals surface area contributed by atoms with Crippen LogP contribution in [0, 0.1) is 0 Å². The van der Waals surface area contributed by atoms with Gasteiger partial charge in [0.2, 0.25) is 0 Å². The largest absolute Gasteiger partial charge is 0.384 e. The number of imidazole rings is 1. The molecular weight excluding hydrogens is 210 g/mol. The molecule has 1 heterocycles. The minimum absolute atomic E-state index is 0.0445. The first-order valence-electron chi connectivity index (χ1n) is 6.66. The molecule has 0 aromatic carbocycles. The molecule has 1 aromatic rings. The maximum absolute atomic E-state index is 6.24. The molecular formula is C14H27N3. The van der Waals surface area contributed by atoms with Crippen LogP contribution >= 0.6 is 0 Å². The van der Waals surface area contributed by atoms with Crippen LogP contribution in [0.4, 0.5) is 5.82 Å². The highest BCUT2D eigenvalue weighted by atomic mass is 15.2. The summed E-state index contributed by atoms with van der Waals surface area (Å²) in [4.78, 5) is 4.78. The molecule has 0 aliphatic heterocycles. The third-order valence-electron chi connectivity index (χ3n) is 2.98. The molecule has 0 amide bonds. The van der Waals surface area contributed by atoms with E-state index >= 15 is 0 Å². The number of anilines is 1. The zero-order chi connectivity index (χ0) is 13.2. The first-order valence-corrected chi connectivity index (χ1v) is 6.66. The summed E-state index contributed by atoms with van der Waals surface area (Å²) in [7, 11) is 0. The van der Waals surface area contributed by atoms with E-state index in [1.54, 1.807) is 0 Å². The summed E-state index contributed by atoms with van der Waals surface area (Å²) in [5, 5.41) is 0. The number of unbranched alkanes of at least 4 members (excludes halogenated alkanes) is 1. The van der Waals surface area contributed by atoms with Gasteiger partial charge in [-0.25, -0.2) is 4.98 Å². The monoisotopic (exact) mass is 237 g/mol. The fourth-order valence-corrected chi connectivity index (χ4v) is 2.07. The van der Waals surface area contributed by atoms with Crippen LogP contribution in [0.5, 0.6) is 0 Å². The minimum atomic E-state index is 0.0445. The molecule has 0 radical (unpaired) electrons. The van der Waals surface area contributed by atoms with Gasteiger partial charge in [-0.3, -0.25) is 0 Å². The van der Waals surface area contributed by atoms with Crippen LogP contribution in [-0.2, 0) is 11.8 Å². The number of nitrogen functional groups attached to an aromatic ring is 1. The zero-order valence-electron chi connectivity index (χ0n) is 12.2. The highest BCUT2D eigenvalue weighted by Gasteiger charge is 2.25. The molecule has 0 saturated heterocycles. The van der Waals surface area contributed by atoms with Crippen LogP contribution < -0.4 is 5.73 Å². The van der Waals surface area contributed by atoms with Crippen molar-refractivity contribution in [3.63, 3.8) is 0 Å². The molecule has 0 saturated carbocycles. The third-order valence-corrected chi connectivity index (χ3v) is 2.98. The molecule has 1 rings (SSSR count). The Kier molecular flexibility index (Phi) is 4.23. The Bertz CT molecular complexity index is 370. The molecule has 3 nitrogen and oxygen atoms in total. The van der Waals surface area contributed by atoms with Gasteiger partial charge in [0, 0.05) is 11.5 Å². The summed E-state index contributed by atoms with van der Waals surface area (Å²) < 4.78 is 2.19. The van der Waals surface area contributed by atoms with Crippen molar-refractivity contribution in [3.05, 3.63) is 11.5 Å². The van der Waals surface area contributed by atoms with Gasteiger partial charge < -0.3 is 10.3 Å². The summed E-state index contributed by atoms with van der Waals surface area (Å²) in [6.07, 6.45) is 3.33. The first kappa shape index (κ1) is 14.1. The number of nitrogens with two attached hydrogens (primary N) is 1. The second kappa shape index (κ2) is 5.11. The van der Waals surface area contributed by atoms with Gasteiger partial charge in [0.05, 0.1) is 5.69 Å². The average molecular weight is 237 g/mol. The Morgan fingerprint density at radius 3 is 2.24 bits per heavy atom. The van der Waals surface area contributed by atoms with E-state index in [2.05, 4.69) is 46.1 Å². The van der Waals surface area contributed by atoms with Crippen molar-refractivity contribution in [1.29, 1.82) is 0 Å². The Morgan fingerprint density at radius 2 is 1.88 bits per heavy atom. The molecule has 1 aromatic heterocycles. The molecule has 0 atom stereocenters. The SMILES string of the molecule is CCCCc1nc(C(C)(C)C)n(C(C)C)c1N. The van der Waals surface area contributed by atoms with Gasteiger partial charge in [-0.05, 0) is 26.7 Å². The number of aryl methyl sites for hydroxylation is 1. The van der Waals surface area contributed by atoms with E-state index in [1.165, 1.54) is 6.42 Å². The number of rotatable bonds is 4. The Labute approximate surface area is 105 Å². The summed E-state index contributed by atoms with van der Waals surface area (Å²) in [5.41, 5.74) is 7.36. The van der Waals surface area contributed by atoms with Crippen molar-refractivity contribution in [2.24, 2.45) is 0 Å². The lowest BCUT2D eigenvalue weighted by atomic mass is 9.95. The molecule has 0 fully saturated rings.